The predicted octanol–water partition coefficient (Wildman–Crippen LogP) is 10.4. The van der Waals surface area contributed by atoms with Crippen molar-refractivity contribution in [3.05, 3.63) is 201 Å². The molecular formula is C49H44N2O2. The second kappa shape index (κ2) is 14.8. The molecule has 2 aliphatic rings. The summed E-state index contributed by atoms with van der Waals surface area (Å²) in [7, 11) is 2.06. The maximum atomic E-state index is 14.2. The lowest BCUT2D eigenvalue weighted by Gasteiger charge is -2.31. The van der Waals surface area contributed by atoms with Crippen LogP contribution in [0.3, 0.4) is 0 Å². The first-order valence-corrected chi connectivity index (χ1v) is 18.6. The number of allylic oxidation sites excluding steroid dienone is 6. The Labute approximate surface area is 311 Å². The van der Waals surface area contributed by atoms with Crippen LogP contribution in [0.5, 0.6) is 0 Å². The summed E-state index contributed by atoms with van der Waals surface area (Å²) in [5.41, 5.74) is 12.5. The van der Waals surface area contributed by atoms with Crippen molar-refractivity contribution >= 4 is 45.4 Å². The van der Waals surface area contributed by atoms with Gasteiger partial charge in [-0.3, -0.25) is 4.79 Å². The van der Waals surface area contributed by atoms with Crippen LogP contribution in [0.25, 0.3) is 22.6 Å². The van der Waals surface area contributed by atoms with Gasteiger partial charge in [-0.25, -0.2) is 0 Å². The average Bonchev–Trinajstić information content (AvgIpc) is 3.54. The van der Waals surface area contributed by atoms with Gasteiger partial charge in [-0.1, -0.05) is 91.9 Å². The van der Waals surface area contributed by atoms with Crippen LogP contribution in [0.4, 0.5) is 22.7 Å². The highest BCUT2D eigenvalue weighted by atomic mass is 16.3. The van der Waals surface area contributed by atoms with E-state index in [1.165, 1.54) is 16.8 Å². The molecule has 0 fully saturated rings. The molecule has 8 rings (SSSR count). The van der Waals surface area contributed by atoms with Gasteiger partial charge >= 0.3 is 0 Å². The van der Waals surface area contributed by atoms with E-state index in [-0.39, 0.29) is 5.43 Å². The minimum absolute atomic E-state index is 0.00509. The Balaban J connectivity index is 1.11. The van der Waals surface area contributed by atoms with E-state index in [1.54, 1.807) is 0 Å². The summed E-state index contributed by atoms with van der Waals surface area (Å²) in [5, 5.41) is 1.21. The summed E-state index contributed by atoms with van der Waals surface area (Å²) in [6.07, 6.45) is 16.6. The molecule has 262 valence electrons. The third kappa shape index (κ3) is 6.93. The highest BCUT2D eigenvalue weighted by Crippen LogP contribution is 2.36. The largest absolute Gasteiger partial charge is 0.456 e. The van der Waals surface area contributed by atoms with Gasteiger partial charge in [0.25, 0.3) is 0 Å². The van der Waals surface area contributed by atoms with Crippen LogP contribution in [-0.2, 0) is 6.42 Å². The van der Waals surface area contributed by atoms with E-state index in [1.807, 2.05) is 36.4 Å². The molecule has 1 unspecified atom stereocenters. The van der Waals surface area contributed by atoms with Crippen molar-refractivity contribution in [3.63, 3.8) is 0 Å². The third-order valence-corrected chi connectivity index (χ3v) is 10.6. The van der Waals surface area contributed by atoms with Gasteiger partial charge in [0, 0.05) is 35.5 Å². The summed E-state index contributed by atoms with van der Waals surface area (Å²) >= 11 is 0. The van der Waals surface area contributed by atoms with Crippen molar-refractivity contribution in [2.75, 3.05) is 16.8 Å². The van der Waals surface area contributed by atoms with Gasteiger partial charge in [-0.05, 0) is 139 Å². The highest BCUT2D eigenvalue weighted by Gasteiger charge is 2.21. The summed E-state index contributed by atoms with van der Waals surface area (Å²) in [6.45, 7) is 4.52. The van der Waals surface area contributed by atoms with Crippen molar-refractivity contribution in [1.29, 1.82) is 0 Å². The fraction of sp³-hybridized carbons (Fsp3) is 0.163. The zero-order valence-corrected chi connectivity index (χ0v) is 30.6. The lowest BCUT2D eigenvalue weighted by atomic mass is 9.97. The topological polar surface area (TPSA) is 36.7 Å². The number of nitrogens with zero attached hydrogens (tertiary/aromatic N) is 2. The van der Waals surface area contributed by atoms with E-state index in [4.69, 9.17) is 4.42 Å². The number of rotatable bonds is 8. The normalized spacial score (nSPS) is 15.3. The monoisotopic (exact) mass is 692 g/mol. The molecule has 0 radical (unpaired) electrons. The molecule has 1 aromatic heterocycles. The summed E-state index contributed by atoms with van der Waals surface area (Å²) < 4.78 is 6.57. The van der Waals surface area contributed by atoms with Crippen LogP contribution in [0.15, 0.2) is 167 Å². The minimum atomic E-state index is -0.00509. The number of hydrogen-bond acceptors (Lipinski definition) is 4. The first kappa shape index (κ1) is 34.0. The molecule has 0 saturated heterocycles. The molecule has 0 spiro atoms. The third-order valence-electron chi connectivity index (χ3n) is 10.6. The maximum absolute atomic E-state index is 14.2. The summed E-state index contributed by atoms with van der Waals surface area (Å²) in [4.78, 5) is 18.8. The Morgan fingerprint density at radius 1 is 0.774 bits per heavy atom. The van der Waals surface area contributed by atoms with Crippen LogP contribution in [0.2, 0.25) is 0 Å². The van der Waals surface area contributed by atoms with Crippen LogP contribution in [0.1, 0.15) is 48.4 Å². The molecule has 0 amide bonds. The van der Waals surface area contributed by atoms with Gasteiger partial charge in [0.2, 0.25) is 5.43 Å². The molecule has 6 aromatic rings. The molecule has 2 aliphatic carbocycles. The number of benzene rings is 5. The SMILES string of the molecule is Cc1cc(N(C2=CC=CCCC2C)c2ccccc2)ccc1Cc1ccc2c(=O)c3c(oc2c1)=CCC=CC=3c1ccc(N(C)c2ccccc2)cc1. The lowest BCUT2D eigenvalue weighted by molar-refractivity contribution is 0.557. The second-order valence-electron chi connectivity index (χ2n) is 14.2. The molecule has 0 N–H and O–H groups in total. The average molecular weight is 693 g/mol. The highest BCUT2D eigenvalue weighted by molar-refractivity contribution is 5.82. The fourth-order valence-corrected chi connectivity index (χ4v) is 7.59. The molecule has 1 heterocycles. The molecule has 4 nitrogen and oxygen atoms in total. The zero-order valence-electron chi connectivity index (χ0n) is 30.6. The van der Waals surface area contributed by atoms with Crippen molar-refractivity contribution in [1.82, 2.24) is 0 Å². The summed E-state index contributed by atoms with van der Waals surface area (Å²) in [5.74, 6) is 0.432. The molecule has 0 saturated carbocycles. The molecule has 4 heteroatoms. The molecule has 5 aromatic carbocycles. The quantitative estimate of drug-likeness (QED) is 0.159. The maximum Gasteiger partial charge on any atom is 0.201 e. The van der Waals surface area contributed by atoms with Crippen molar-refractivity contribution < 1.29 is 4.42 Å². The Kier molecular flexibility index (Phi) is 9.52. The van der Waals surface area contributed by atoms with Gasteiger partial charge in [0.05, 0.1) is 10.6 Å². The minimum Gasteiger partial charge on any atom is -0.456 e. The van der Waals surface area contributed by atoms with Crippen molar-refractivity contribution in [2.24, 2.45) is 5.92 Å². The van der Waals surface area contributed by atoms with E-state index in [2.05, 4.69) is 152 Å². The molecular weight excluding hydrogens is 649 g/mol. The van der Waals surface area contributed by atoms with Gasteiger partial charge in [-0.2, -0.15) is 0 Å². The van der Waals surface area contributed by atoms with E-state index >= 15 is 0 Å². The van der Waals surface area contributed by atoms with E-state index in [9.17, 15) is 4.79 Å². The van der Waals surface area contributed by atoms with E-state index in [0.717, 1.165) is 58.7 Å². The van der Waals surface area contributed by atoms with Crippen LogP contribution in [-0.4, -0.2) is 7.05 Å². The Morgan fingerprint density at radius 2 is 1.49 bits per heavy atom. The lowest BCUT2D eigenvalue weighted by Crippen LogP contribution is -2.40. The van der Waals surface area contributed by atoms with Crippen molar-refractivity contribution in [3.8, 4) is 0 Å². The van der Waals surface area contributed by atoms with Gasteiger partial charge < -0.3 is 14.2 Å². The van der Waals surface area contributed by atoms with Crippen LogP contribution in [0, 0.1) is 12.8 Å². The number of hydrogen-bond donors (Lipinski definition) is 0. The molecule has 0 bridgehead atoms. The van der Waals surface area contributed by atoms with Crippen LogP contribution >= 0.6 is 0 Å². The molecule has 53 heavy (non-hydrogen) atoms. The number of aryl methyl sites for hydroxylation is 1. The molecule has 0 aliphatic heterocycles. The van der Waals surface area contributed by atoms with Gasteiger partial charge in [0.1, 0.15) is 11.0 Å². The van der Waals surface area contributed by atoms with Crippen LogP contribution < -0.4 is 25.9 Å². The Bertz CT molecular complexity index is 2560. The standard InChI is InChI=1S/C49H44N2O2/c1-34-15-7-4-12-21-45(34)51(41-18-10-6-11-19-41)42-29-26-38(35(2)31-42)32-36-23-30-44-47(33-36)53-46-22-14-13-20-43(48(46)49(44)52)37-24-27-40(28-25-37)50(3)39-16-8-5-9-17-39/h4-6,8-13,16-31,33-34H,7,14-15,32H2,1-3H3. The van der Waals surface area contributed by atoms with E-state index < -0.39 is 0 Å². The Morgan fingerprint density at radius 3 is 2.25 bits per heavy atom. The second-order valence-corrected chi connectivity index (χ2v) is 14.2. The van der Waals surface area contributed by atoms with Crippen molar-refractivity contribution in [2.45, 2.75) is 39.5 Å². The number of para-hydroxylation sites is 2. The van der Waals surface area contributed by atoms with Gasteiger partial charge in [0.15, 0.2) is 0 Å². The number of fused-ring (bicyclic) bond motifs is 2. The smallest absolute Gasteiger partial charge is 0.201 e. The van der Waals surface area contributed by atoms with Gasteiger partial charge in [-0.15, -0.1) is 0 Å². The van der Waals surface area contributed by atoms with E-state index in [0.29, 0.717) is 33.9 Å². The fourth-order valence-electron chi connectivity index (χ4n) is 7.59. The Hall–Kier alpha value is -6.13. The summed E-state index contributed by atoms with van der Waals surface area (Å²) in [6, 6.07) is 42.2. The molecule has 1 atom stereocenters. The predicted molar refractivity (Wildman–Crippen MR) is 222 cm³/mol. The number of anilines is 4. The first-order chi connectivity index (χ1) is 25.9. The first-order valence-electron chi connectivity index (χ1n) is 18.6. The zero-order chi connectivity index (χ0) is 36.3.